The second kappa shape index (κ2) is 9.44. The summed E-state index contributed by atoms with van der Waals surface area (Å²) in [7, 11) is -3.01. The number of hydrogen-bond donors (Lipinski definition) is 2. The van der Waals surface area contributed by atoms with Gasteiger partial charge in [-0.15, -0.1) is 12.4 Å². The summed E-state index contributed by atoms with van der Waals surface area (Å²) in [6.07, 6.45) is 3.35. The molecule has 0 saturated carbocycles. The molecule has 2 N–H and O–H groups in total. The van der Waals surface area contributed by atoms with E-state index in [1.807, 2.05) is 11.8 Å². The zero-order valence-corrected chi connectivity index (χ0v) is 12.7. The Morgan fingerprint density at radius 2 is 1.88 bits per heavy atom. The van der Waals surface area contributed by atoms with Gasteiger partial charge in [-0.3, -0.25) is 0 Å². The quantitative estimate of drug-likeness (QED) is 0.694. The normalized spacial score (nSPS) is 17.7. The predicted molar refractivity (Wildman–Crippen MR) is 77.7 cm³/mol. The fraction of sp³-hybridized carbons (Fsp3) is 1.00. The largest absolute Gasteiger partial charge is 0.314 e. The lowest BCUT2D eigenvalue weighted by Crippen LogP contribution is -2.35. The molecule has 0 amide bonds. The van der Waals surface area contributed by atoms with Crippen LogP contribution in [-0.2, 0) is 10.0 Å². The third-order valence-electron chi connectivity index (χ3n) is 2.71. The Hall–Kier alpha value is 0.510. The number of thioether (sulfide) groups is 1. The Kier molecular flexibility index (Phi) is 9.72. The van der Waals surface area contributed by atoms with Crippen LogP contribution in [0.4, 0.5) is 0 Å². The summed E-state index contributed by atoms with van der Waals surface area (Å²) in [6.45, 7) is 3.10. The van der Waals surface area contributed by atoms with Gasteiger partial charge < -0.3 is 5.32 Å². The molecule has 0 unspecified atom stereocenters. The van der Waals surface area contributed by atoms with Crippen molar-refractivity contribution in [1.29, 1.82) is 0 Å². The third-order valence-corrected chi connectivity index (χ3v) is 5.16. The molecule has 0 radical (unpaired) electrons. The zero-order chi connectivity index (χ0) is 11.9. The molecule has 1 heterocycles. The Labute approximate surface area is 115 Å². The van der Waals surface area contributed by atoms with Crippen LogP contribution in [0.25, 0.3) is 0 Å². The van der Waals surface area contributed by atoms with Crippen molar-refractivity contribution in [2.75, 3.05) is 30.3 Å². The Balaban J connectivity index is 0.00000256. The summed E-state index contributed by atoms with van der Waals surface area (Å²) in [4.78, 5) is 0. The molecule has 4 nitrogen and oxygen atoms in total. The van der Waals surface area contributed by atoms with Crippen LogP contribution >= 0.6 is 24.2 Å². The van der Waals surface area contributed by atoms with Gasteiger partial charge in [0.2, 0.25) is 10.0 Å². The van der Waals surface area contributed by atoms with Gasteiger partial charge in [-0.05, 0) is 44.2 Å². The van der Waals surface area contributed by atoms with Crippen LogP contribution < -0.4 is 10.0 Å². The van der Waals surface area contributed by atoms with Gasteiger partial charge in [0, 0.05) is 12.6 Å². The lowest BCUT2D eigenvalue weighted by molar-refractivity contribution is 0.476. The molecule has 1 aliphatic rings. The Morgan fingerprint density at radius 3 is 2.47 bits per heavy atom. The first-order chi connectivity index (χ1) is 7.64. The molecular formula is C10H23ClN2O2S2. The first kappa shape index (κ1) is 17.5. The van der Waals surface area contributed by atoms with Crippen LogP contribution in [0.5, 0.6) is 0 Å². The lowest BCUT2D eigenvalue weighted by Gasteiger charge is -2.22. The van der Waals surface area contributed by atoms with E-state index in [1.165, 1.54) is 24.3 Å². The Morgan fingerprint density at radius 1 is 1.24 bits per heavy atom. The van der Waals surface area contributed by atoms with E-state index in [4.69, 9.17) is 0 Å². The van der Waals surface area contributed by atoms with Crippen molar-refractivity contribution in [3.8, 4) is 0 Å². The second-order valence-corrected chi connectivity index (χ2v) is 7.31. The van der Waals surface area contributed by atoms with Gasteiger partial charge in [-0.25, -0.2) is 13.1 Å². The maximum Gasteiger partial charge on any atom is 0.211 e. The van der Waals surface area contributed by atoms with E-state index >= 15 is 0 Å². The first-order valence-electron chi connectivity index (χ1n) is 5.92. The molecular weight excluding hydrogens is 280 g/mol. The summed E-state index contributed by atoms with van der Waals surface area (Å²) >= 11 is 2.02. The van der Waals surface area contributed by atoms with Crippen LogP contribution in [0.15, 0.2) is 0 Å². The molecule has 0 spiro atoms. The topological polar surface area (TPSA) is 58.2 Å². The summed E-state index contributed by atoms with van der Waals surface area (Å²) in [5.74, 6) is 2.67. The molecule has 17 heavy (non-hydrogen) atoms. The highest BCUT2D eigenvalue weighted by Gasteiger charge is 2.12. The van der Waals surface area contributed by atoms with Crippen LogP contribution in [0.1, 0.15) is 26.2 Å². The number of halogens is 1. The fourth-order valence-corrected chi connectivity index (χ4v) is 3.39. The van der Waals surface area contributed by atoms with Gasteiger partial charge in [0.05, 0.1) is 5.75 Å². The smallest absolute Gasteiger partial charge is 0.211 e. The van der Waals surface area contributed by atoms with E-state index in [-0.39, 0.29) is 18.2 Å². The van der Waals surface area contributed by atoms with Gasteiger partial charge >= 0.3 is 0 Å². The van der Waals surface area contributed by atoms with Gasteiger partial charge in [0.15, 0.2) is 0 Å². The monoisotopic (exact) mass is 302 g/mol. The van der Waals surface area contributed by atoms with Crippen molar-refractivity contribution in [3.63, 3.8) is 0 Å². The first-order valence-corrected chi connectivity index (χ1v) is 8.73. The SMILES string of the molecule is CCS(=O)(=O)NCCCNC1CCSCC1.Cl. The highest BCUT2D eigenvalue weighted by Crippen LogP contribution is 2.16. The molecule has 1 aliphatic heterocycles. The van der Waals surface area contributed by atoms with Crippen LogP contribution in [0.3, 0.4) is 0 Å². The average Bonchev–Trinajstić information content (AvgIpc) is 2.30. The van der Waals surface area contributed by atoms with E-state index < -0.39 is 10.0 Å². The predicted octanol–water partition coefficient (Wildman–Crippen LogP) is 1.22. The molecule has 0 aliphatic carbocycles. The number of rotatable bonds is 7. The lowest BCUT2D eigenvalue weighted by atomic mass is 10.1. The molecule has 7 heteroatoms. The van der Waals surface area contributed by atoms with Crippen LogP contribution in [0.2, 0.25) is 0 Å². The Bertz CT molecular complexity index is 280. The molecule has 0 aromatic carbocycles. The molecule has 0 bridgehead atoms. The number of hydrogen-bond acceptors (Lipinski definition) is 4. The minimum absolute atomic E-state index is 0. The standard InChI is InChI=1S/C10H22N2O2S2.ClH/c1-2-16(13,14)12-7-3-6-11-10-4-8-15-9-5-10;/h10-12H,2-9H2,1H3;1H. The van der Waals surface area contributed by atoms with Gasteiger partial charge in [-0.1, -0.05) is 0 Å². The molecule has 0 aromatic rings. The molecule has 1 saturated heterocycles. The van der Waals surface area contributed by atoms with Crippen molar-refractivity contribution in [2.24, 2.45) is 0 Å². The van der Waals surface area contributed by atoms with Crippen molar-refractivity contribution in [3.05, 3.63) is 0 Å². The highest BCUT2D eigenvalue weighted by atomic mass is 35.5. The van der Waals surface area contributed by atoms with Crippen molar-refractivity contribution >= 4 is 34.2 Å². The van der Waals surface area contributed by atoms with Crippen molar-refractivity contribution in [1.82, 2.24) is 10.0 Å². The third kappa shape index (κ3) is 8.26. The fourth-order valence-electron chi connectivity index (χ4n) is 1.63. The zero-order valence-electron chi connectivity index (χ0n) is 10.3. The van der Waals surface area contributed by atoms with E-state index in [9.17, 15) is 8.42 Å². The summed E-state index contributed by atoms with van der Waals surface area (Å²) < 4.78 is 24.8. The summed E-state index contributed by atoms with van der Waals surface area (Å²) in [5.41, 5.74) is 0. The van der Waals surface area contributed by atoms with Crippen molar-refractivity contribution in [2.45, 2.75) is 32.2 Å². The molecule has 0 atom stereocenters. The van der Waals surface area contributed by atoms with Crippen LogP contribution in [0, 0.1) is 0 Å². The van der Waals surface area contributed by atoms with Crippen LogP contribution in [-0.4, -0.2) is 44.8 Å². The van der Waals surface area contributed by atoms with E-state index in [0.717, 1.165) is 13.0 Å². The number of nitrogens with one attached hydrogen (secondary N) is 2. The van der Waals surface area contributed by atoms with E-state index in [1.54, 1.807) is 6.92 Å². The van der Waals surface area contributed by atoms with Gasteiger partial charge in [0.25, 0.3) is 0 Å². The molecule has 1 fully saturated rings. The molecule has 104 valence electrons. The minimum Gasteiger partial charge on any atom is -0.314 e. The maximum atomic E-state index is 11.1. The van der Waals surface area contributed by atoms with Crippen molar-refractivity contribution < 1.29 is 8.42 Å². The molecule has 0 aromatic heterocycles. The minimum atomic E-state index is -3.01. The second-order valence-electron chi connectivity index (χ2n) is 3.99. The van der Waals surface area contributed by atoms with E-state index in [2.05, 4.69) is 10.0 Å². The number of sulfonamides is 1. The van der Waals surface area contributed by atoms with Gasteiger partial charge in [0.1, 0.15) is 0 Å². The maximum absolute atomic E-state index is 11.1. The summed E-state index contributed by atoms with van der Waals surface area (Å²) in [5, 5.41) is 3.48. The molecule has 1 rings (SSSR count). The highest BCUT2D eigenvalue weighted by molar-refractivity contribution is 7.99. The van der Waals surface area contributed by atoms with Gasteiger partial charge in [-0.2, -0.15) is 11.8 Å². The van der Waals surface area contributed by atoms with E-state index in [0.29, 0.717) is 12.6 Å². The average molecular weight is 303 g/mol. The summed E-state index contributed by atoms with van der Waals surface area (Å²) in [6, 6.07) is 0.643.